The number of oxime groups is 1. The molecule has 2 aromatic carbocycles. The van der Waals surface area contributed by atoms with Gasteiger partial charge in [-0.15, -0.1) is 0 Å². The molecular weight excluding hydrogens is 498 g/mol. The van der Waals surface area contributed by atoms with E-state index in [9.17, 15) is 22.8 Å². The number of likely N-dealkylation sites (N-methyl/N-ethyl adjacent to an activating group) is 1. The maximum atomic E-state index is 14.2. The molecule has 0 aromatic heterocycles. The zero-order valence-electron chi connectivity index (χ0n) is 17.9. The van der Waals surface area contributed by atoms with Gasteiger partial charge in [0.1, 0.15) is 12.6 Å². The van der Waals surface area contributed by atoms with E-state index in [1.807, 2.05) is 0 Å². The molecule has 2 amide bonds. The molecule has 2 aliphatic rings. The molecule has 0 bridgehead atoms. The average Bonchev–Trinajstić information content (AvgIpc) is 3.33. The minimum absolute atomic E-state index is 0.0133. The summed E-state index contributed by atoms with van der Waals surface area (Å²) in [7, 11) is 1.44. The van der Waals surface area contributed by atoms with Gasteiger partial charge < -0.3 is 10.2 Å². The van der Waals surface area contributed by atoms with E-state index in [4.69, 9.17) is 32.9 Å². The van der Waals surface area contributed by atoms with Crippen molar-refractivity contribution >= 4 is 40.7 Å². The highest BCUT2D eigenvalue weighted by Gasteiger charge is 2.62. The van der Waals surface area contributed by atoms with Gasteiger partial charge in [-0.05, 0) is 48.4 Å². The van der Waals surface area contributed by atoms with E-state index >= 15 is 0 Å². The molecule has 12 heteroatoms. The first kappa shape index (κ1) is 24.3. The molecular formula is C22H18Cl2F3N3O4. The number of alkyl halides is 3. The van der Waals surface area contributed by atoms with Crippen molar-refractivity contribution in [2.24, 2.45) is 5.16 Å². The second kappa shape index (κ2) is 8.75. The summed E-state index contributed by atoms with van der Waals surface area (Å²) < 4.78 is 42.5. The Kier molecular flexibility index (Phi) is 6.26. The Morgan fingerprint density at radius 2 is 1.88 bits per heavy atom. The predicted octanol–water partition coefficient (Wildman–Crippen LogP) is 4.39. The van der Waals surface area contributed by atoms with Gasteiger partial charge in [0.05, 0.1) is 5.71 Å². The van der Waals surface area contributed by atoms with Crippen molar-refractivity contribution in [1.29, 1.82) is 0 Å². The largest absolute Gasteiger partial charge is 0.435 e. The summed E-state index contributed by atoms with van der Waals surface area (Å²) in [6.07, 6.45) is -5.43. The molecule has 1 fully saturated rings. The van der Waals surface area contributed by atoms with Gasteiger partial charge in [-0.1, -0.05) is 34.4 Å². The standard InChI is InChI=1S/C22H18Cl2F3N3O4/c1-11-5-12(3-4-16(11)19(31)28-18-10-33-30(2)20(18)32)17-9-21(34-29-17,22(25,26)27)13-6-14(23)8-15(24)7-13/h3-8,18H,9-10H2,1-2H3,(H,28,31)/t18?,21-/m0/s1. The van der Waals surface area contributed by atoms with Gasteiger partial charge in [-0.2, -0.15) is 13.2 Å². The lowest BCUT2D eigenvalue weighted by Crippen LogP contribution is -2.42. The lowest BCUT2D eigenvalue weighted by molar-refractivity contribution is -0.275. The Hall–Kier alpha value is -2.82. The van der Waals surface area contributed by atoms with E-state index in [1.54, 1.807) is 6.92 Å². The fourth-order valence-corrected chi connectivity index (χ4v) is 4.35. The smallest absolute Gasteiger partial charge is 0.374 e. The second-order valence-electron chi connectivity index (χ2n) is 7.98. The van der Waals surface area contributed by atoms with E-state index in [0.717, 1.165) is 17.2 Å². The highest BCUT2D eigenvalue weighted by molar-refractivity contribution is 6.34. The molecule has 4 rings (SSSR count). The normalized spacial score (nSPS) is 22.6. The highest BCUT2D eigenvalue weighted by Crippen LogP contribution is 2.49. The number of benzene rings is 2. The van der Waals surface area contributed by atoms with Crippen LogP contribution in [0.15, 0.2) is 41.6 Å². The van der Waals surface area contributed by atoms with Crippen LogP contribution in [0.1, 0.15) is 33.5 Å². The number of hydrogen-bond donors (Lipinski definition) is 1. The van der Waals surface area contributed by atoms with Crippen molar-refractivity contribution in [1.82, 2.24) is 10.4 Å². The van der Waals surface area contributed by atoms with Crippen molar-refractivity contribution in [2.75, 3.05) is 13.7 Å². The van der Waals surface area contributed by atoms with Gasteiger partial charge in [0.15, 0.2) is 0 Å². The maximum absolute atomic E-state index is 14.2. The molecule has 0 radical (unpaired) electrons. The monoisotopic (exact) mass is 515 g/mol. The molecule has 7 nitrogen and oxygen atoms in total. The molecule has 0 saturated carbocycles. The molecule has 180 valence electrons. The number of rotatable bonds is 4. The Balaban J connectivity index is 1.58. The summed E-state index contributed by atoms with van der Waals surface area (Å²) in [4.78, 5) is 34.6. The van der Waals surface area contributed by atoms with Gasteiger partial charge in [0, 0.05) is 34.6 Å². The average molecular weight is 516 g/mol. The fraction of sp³-hybridized carbons (Fsp3) is 0.318. The lowest BCUT2D eigenvalue weighted by Gasteiger charge is -2.29. The Labute approximate surface area is 202 Å². The molecule has 1 N–H and O–H groups in total. The third kappa shape index (κ3) is 4.33. The fourth-order valence-electron chi connectivity index (χ4n) is 3.82. The van der Waals surface area contributed by atoms with Crippen molar-refractivity contribution in [3.8, 4) is 0 Å². The first-order chi connectivity index (χ1) is 15.9. The van der Waals surface area contributed by atoms with Crippen LogP contribution in [-0.4, -0.2) is 48.5 Å². The second-order valence-corrected chi connectivity index (χ2v) is 8.85. The SMILES string of the molecule is Cc1cc(C2=NO[C@@](c3cc(Cl)cc(Cl)c3)(C(F)(F)F)C2)ccc1C(=O)NC1CON(C)C1=O. The van der Waals surface area contributed by atoms with Crippen LogP contribution >= 0.6 is 23.2 Å². The van der Waals surface area contributed by atoms with Crippen LogP contribution in [0.25, 0.3) is 0 Å². The van der Waals surface area contributed by atoms with Crippen LogP contribution in [0, 0.1) is 6.92 Å². The van der Waals surface area contributed by atoms with Crippen LogP contribution in [-0.2, 0) is 20.1 Å². The Bertz CT molecular complexity index is 1180. The number of aryl methyl sites for hydroxylation is 1. The third-order valence-electron chi connectivity index (χ3n) is 5.67. The number of nitrogens with zero attached hydrogens (tertiary/aromatic N) is 2. The van der Waals surface area contributed by atoms with Gasteiger partial charge in [0.25, 0.3) is 17.4 Å². The van der Waals surface area contributed by atoms with E-state index in [-0.39, 0.29) is 39.4 Å². The number of carbonyl (C=O) groups excluding carboxylic acids is 2. The van der Waals surface area contributed by atoms with Gasteiger partial charge in [-0.25, -0.2) is 5.06 Å². The maximum Gasteiger partial charge on any atom is 0.435 e. The van der Waals surface area contributed by atoms with Crippen LogP contribution in [0.3, 0.4) is 0 Å². The molecule has 34 heavy (non-hydrogen) atoms. The molecule has 0 aliphatic carbocycles. The van der Waals surface area contributed by atoms with Crippen molar-refractivity contribution in [3.05, 3.63) is 68.7 Å². The van der Waals surface area contributed by atoms with Crippen LogP contribution in [0.4, 0.5) is 13.2 Å². The van der Waals surface area contributed by atoms with Gasteiger partial charge in [-0.3, -0.25) is 14.4 Å². The highest BCUT2D eigenvalue weighted by atomic mass is 35.5. The molecule has 0 spiro atoms. The van der Waals surface area contributed by atoms with Crippen molar-refractivity contribution in [3.63, 3.8) is 0 Å². The summed E-state index contributed by atoms with van der Waals surface area (Å²) in [6, 6.07) is 7.25. The summed E-state index contributed by atoms with van der Waals surface area (Å²) in [6.45, 7) is 1.64. The number of carbonyl (C=O) groups is 2. The molecule has 2 aliphatic heterocycles. The van der Waals surface area contributed by atoms with Gasteiger partial charge >= 0.3 is 6.18 Å². The molecule has 2 aromatic rings. The summed E-state index contributed by atoms with van der Waals surface area (Å²) in [5.41, 5.74) is -1.88. The molecule has 1 saturated heterocycles. The summed E-state index contributed by atoms with van der Waals surface area (Å²) in [5.74, 6) is -0.895. The number of amides is 2. The van der Waals surface area contributed by atoms with E-state index in [1.165, 1.54) is 31.3 Å². The zero-order chi connectivity index (χ0) is 24.8. The summed E-state index contributed by atoms with van der Waals surface area (Å²) in [5, 5.41) is 7.42. The minimum Gasteiger partial charge on any atom is -0.374 e. The molecule has 2 atom stereocenters. The van der Waals surface area contributed by atoms with Crippen LogP contribution < -0.4 is 5.32 Å². The first-order valence-corrected chi connectivity index (χ1v) is 10.8. The molecule has 2 heterocycles. The van der Waals surface area contributed by atoms with Crippen molar-refractivity contribution in [2.45, 2.75) is 31.2 Å². The summed E-state index contributed by atoms with van der Waals surface area (Å²) >= 11 is 11.9. The van der Waals surface area contributed by atoms with Gasteiger partial charge in [0.2, 0.25) is 0 Å². The van der Waals surface area contributed by atoms with E-state index in [0.29, 0.717) is 11.1 Å². The zero-order valence-corrected chi connectivity index (χ0v) is 19.4. The minimum atomic E-state index is -4.82. The number of nitrogens with one attached hydrogen (secondary N) is 1. The lowest BCUT2D eigenvalue weighted by atomic mass is 9.86. The van der Waals surface area contributed by atoms with Crippen molar-refractivity contribution < 1.29 is 32.4 Å². The predicted molar refractivity (Wildman–Crippen MR) is 118 cm³/mol. The molecule has 1 unspecified atom stereocenters. The number of hydrogen-bond acceptors (Lipinski definition) is 5. The van der Waals surface area contributed by atoms with E-state index in [2.05, 4.69) is 10.5 Å². The van der Waals surface area contributed by atoms with E-state index < -0.39 is 30.1 Å². The topological polar surface area (TPSA) is 80.2 Å². The Morgan fingerprint density at radius 1 is 1.21 bits per heavy atom. The number of hydroxylamine groups is 2. The van der Waals surface area contributed by atoms with Crippen LogP contribution in [0.5, 0.6) is 0 Å². The quantitative estimate of drug-likeness (QED) is 0.654. The third-order valence-corrected chi connectivity index (χ3v) is 6.10. The Morgan fingerprint density at radius 3 is 2.44 bits per heavy atom. The first-order valence-electron chi connectivity index (χ1n) is 10.0. The number of halogens is 5. The van der Waals surface area contributed by atoms with Crippen LogP contribution in [0.2, 0.25) is 10.0 Å².